The molecule has 2 amide bonds. The van der Waals surface area contributed by atoms with Crippen molar-refractivity contribution < 1.29 is 9.53 Å². The Bertz CT molecular complexity index is 668. The number of benzene rings is 1. The summed E-state index contributed by atoms with van der Waals surface area (Å²) in [6, 6.07) is 7.69. The molecule has 1 atom stereocenters. The Morgan fingerprint density at radius 2 is 2.00 bits per heavy atom. The van der Waals surface area contributed by atoms with E-state index < -0.39 is 0 Å². The lowest BCUT2D eigenvalue weighted by Gasteiger charge is -2.25. The van der Waals surface area contributed by atoms with Gasteiger partial charge in [0.15, 0.2) is 5.82 Å². The van der Waals surface area contributed by atoms with Crippen molar-refractivity contribution in [3.05, 3.63) is 42.0 Å². The number of likely N-dealkylation sites (N-methyl/N-ethyl adjacent to an activating group) is 1. The molecule has 0 aliphatic rings. The molecular formula is C17H26N6O2. The fourth-order valence-corrected chi connectivity index (χ4v) is 2.52. The molecule has 1 aromatic carbocycles. The standard InChI is InChI=1S/C17H26N6O2/c1-5-23-12-20-21-16(23)11-19-17(24)18-10-15(22(2)3)13-6-8-14(25-4)9-7-13/h6-9,12,15H,5,10-11H2,1-4H3,(H2,18,19,24). The Kier molecular flexibility index (Phi) is 6.76. The third-order valence-corrected chi connectivity index (χ3v) is 4.02. The molecule has 8 heteroatoms. The number of rotatable bonds is 8. The lowest BCUT2D eigenvalue weighted by molar-refractivity contribution is 0.232. The normalized spacial score (nSPS) is 12.0. The third-order valence-electron chi connectivity index (χ3n) is 4.02. The first kappa shape index (κ1) is 18.7. The highest BCUT2D eigenvalue weighted by Gasteiger charge is 2.15. The molecule has 2 rings (SSSR count). The van der Waals surface area contributed by atoms with E-state index in [0.717, 1.165) is 23.7 Å². The SMILES string of the molecule is CCn1cnnc1CNC(=O)NCC(c1ccc(OC)cc1)N(C)C. The quantitative estimate of drug-likeness (QED) is 0.755. The van der Waals surface area contributed by atoms with Crippen LogP contribution in [0.3, 0.4) is 0 Å². The summed E-state index contributed by atoms with van der Waals surface area (Å²) >= 11 is 0. The number of nitrogens with one attached hydrogen (secondary N) is 2. The van der Waals surface area contributed by atoms with Gasteiger partial charge in [0.25, 0.3) is 0 Å². The Hall–Kier alpha value is -2.61. The Labute approximate surface area is 148 Å². The van der Waals surface area contributed by atoms with Crippen molar-refractivity contribution in [2.45, 2.75) is 26.1 Å². The van der Waals surface area contributed by atoms with Gasteiger partial charge in [-0.3, -0.25) is 0 Å². The zero-order valence-electron chi connectivity index (χ0n) is 15.2. The molecule has 25 heavy (non-hydrogen) atoms. The molecule has 0 spiro atoms. The van der Waals surface area contributed by atoms with Crippen LogP contribution in [0, 0.1) is 0 Å². The molecule has 8 nitrogen and oxygen atoms in total. The molecule has 2 N–H and O–H groups in total. The largest absolute Gasteiger partial charge is 0.497 e. The van der Waals surface area contributed by atoms with Crippen molar-refractivity contribution in [1.29, 1.82) is 0 Å². The topological polar surface area (TPSA) is 84.3 Å². The van der Waals surface area contributed by atoms with Gasteiger partial charge in [0.05, 0.1) is 19.7 Å². The highest BCUT2D eigenvalue weighted by atomic mass is 16.5. The monoisotopic (exact) mass is 346 g/mol. The summed E-state index contributed by atoms with van der Waals surface area (Å²) < 4.78 is 7.08. The average Bonchev–Trinajstić information content (AvgIpc) is 3.08. The van der Waals surface area contributed by atoms with Crippen molar-refractivity contribution in [3.8, 4) is 5.75 Å². The van der Waals surface area contributed by atoms with Crippen LogP contribution >= 0.6 is 0 Å². The summed E-state index contributed by atoms with van der Waals surface area (Å²) in [6.07, 6.45) is 1.65. The molecule has 1 aromatic heterocycles. The van der Waals surface area contributed by atoms with E-state index in [0.29, 0.717) is 13.1 Å². The molecule has 0 bridgehead atoms. The fourth-order valence-electron chi connectivity index (χ4n) is 2.52. The van der Waals surface area contributed by atoms with E-state index >= 15 is 0 Å². The number of amides is 2. The molecule has 136 valence electrons. The molecule has 0 aliphatic carbocycles. The van der Waals surface area contributed by atoms with Crippen molar-refractivity contribution in [3.63, 3.8) is 0 Å². The first-order valence-electron chi connectivity index (χ1n) is 8.24. The summed E-state index contributed by atoms with van der Waals surface area (Å²) in [6.45, 7) is 3.61. The second-order valence-electron chi connectivity index (χ2n) is 5.85. The van der Waals surface area contributed by atoms with Gasteiger partial charge >= 0.3 is 6.03 Å². The number of aryl methyl sites for hydroxylation is 1. The highest BCUT2D eigenvalue weighted by Crippen LogP contribution is 2.20. The lowest BCUT2D eigenvalue weighted by atomic mass is 10.1. The highest BCUT2D eigenvalue weighted by molar-refractivity contribution is 5.73. The minimum absolute atomic E-state index is 0.0657. The molecular weight excluding hydrogens is 320 g/mol. The van der Waals surface area contributed by atoms with Gasteiger partial charge in [-0.05, 0) is 38.7 Å². The Morgan fingerprint density at radius 1 is 1.28 bits per heavy atom. The number of nitrogens with zero attached hydrogens (tertiary/aromatic N) is 4. The number of carbonyl (C=O) groups is 1. The number of hydrogen-bond acceptors (Lipinski definition) is 5. The van der Waals surface area contributed by atoms with Crippen LogP contribution in [0.5, 0.6) is 5.75 Å². The molecule has 1 heterocycles. The minimum atomic E-state index is -0.231. The second-order valence-corrected chi connectivity index (χ2v) is 5.85. The summed E-state index contributed by atoms with van der Waals surface area (Å²) in [5, 5.41) is 13.6. The summed E-state index contributed by atoms with van der Waals surface area (Å²) in [5.41, 5.74) is 1.11. The molecule has 0 saturated carbocycles. The van der Waals surface area contributed by atoms with Crippen LogP contribution in [0.1, 0.15) is 24.4 Å². The molecule has 2 aromatic rings. The lowest BCUT2D eigenvalue weighted by Crippen LogP contribution is -2.40. The van der Waals surface area contributed by atoms with E-state index in [-0.39, 0.29) is 12.1 Å². The van der Waals surface area contributed by atoms with Crippen LogP contribution in [0.2, 0.25) is 0 Å². The summed E-state index contributed by atoms with van der Waals surface area (Å²) in [5.74, 6) is 1.55. The van der Waals surface area contributed by atoms with E-state index in [9.17, 15) is 4.79 Å². The van der Waals surface area contributed by atoms with Gasteiger partial charge in [0.1, 0.15) is 12.1 Å². The molecule has 0 saturated heterocycles. The second kappa shape index (κ2) is 9.03. The molecule has 0 aliphatic heterocycles. The van der Waals surface area contributed by atoms with Crippen LogP contribution in [0.25, 0.3) is 0 Å². The molecule has 1 unspecified atom stereocenters. The molecule has 0 radical (unpaired) electrons. The van der Waals surface area contributed by atoms with Gasteiger partial charge in [0.2, 0.25) is 0 Å². The van der Waals surface area contributed by atoms with E-state index in [1.807, 2.05) is 49.9 Å². The number of ether oxygens (including phenoxy) is 1. The van der Waals surface area contributed by atoms with E-state index in [4.69, 9.17) is 4.74 Å². The number of hydrogen-bond donors (Lipinski definition) is 2. The summed E-state index contributed by atoms with van der Waals surface area (Å²) in [7, 11) is 5.61. The number of carbonyl (C=O) groups excluding carboxylic acids is 1. The van der Waals surface area contributed by atoms with Crippen molar-refractivity contribution in [2.75, 3.05) is 27.7 Å². The van der Waals surface area contributed by atoms with Crippen LogP contribution in [-0.2, 0) is 13.1 Å². The van der Waals surface area contributed by atoms with E-state index in [1.54, 1.807) is 13.4 Å². The van der Waals surface area contributed by atoms with E-state index in [2.05, 4.69) is 25.7 Å². The number of aromatic nitrogens is 3. The third kappa shape index (κ3) is 5.18. The Balaban J connectivity index is 1.88. The van der Waals surface area contributed by atoms with Gasteiger partial charge < -0.3 is 24.8 Å². The van der Waals surface area contributed by atoms with Crippen molar-refractivity contribution >= 4 is 6.03 Å². The Morgan fingerprint density at radius 3 is 2.60 bits per heavy atom. The van der Waals surface area contributed by atoms with Crippen LogP contribution in [-0.4, -0.2) is 53.4 Å². The zero-order valence-corrected chi connectivity index (χ0v) is 15.2. The number of methoxy groups -OCH3 is 1. The van der Waals surface area contributed by atoms with Crippen LogP contribution < -0.4 is 15.4 Å². The maximum Gasteiger partial charge on any atom is 0.315 e. The van der Waals surface area contributed by atoms with Gasteiger partial charge in [-0.2, -0.15) is 0 Å². The first-order chi connectivity index (χ1) is 12.0. The predicted molar refractivity (Wildman–Crippen MR) is 95.4 cm³/mol. The zero-order chi connectivity index (χ0) is 18.2. The predicted octanol–water partition coefficient (Wildman–Crippen LogP) is 1.41. The average molecular weight is 346 g/mol. The van der Waals surface area contributed by atoms with Crippen LogP contribution in [0.15, 0.2) is 30.6 Å². The van der Waals surface area contributed by atoms with Crippen LogP contribution in [0.4, 0.5) is 4.79 Å². The maximum atomic E-state index is 12.1. The van der Waals surface area contributed by atoms with Gasteiger partial charge in [0, 0.05) is 13.1 Å². The maximum absolute atomic E-state index is 12.1. The van der Waals surface area contributed by atoms with Crippen molar-refractivity contribution in [1.82, 2.24) is 30.3 Å². The first-order valence-corrected chi connectivity index (χ1v) is 8.24. The smallest absolute Gasteiger partial charge is 0.315 e. The fraction of sp³-hybridized carbons (Fsp3) is 0.471. The van der Waals surface area contributed by atoms with Gasteiger partial charge in [-0.1, -0.05) is 12.1 Å². The van der Waals surface area contributed by atoms with Gasteiger partial charge in [-0.25, -0.2) is 4.79 Å². The number of urea groups is 1. The minimum Gasteiger partial charge on any atom is -0.497 e. The van der Waals surface area contributed by atoms with E-state index in [1.165, 1.54) is 0 Å². The van der Waals surface area contributed by atoms with Crippen molar-refractivity contribution in [2.24, 2.45) is 0 Å². The van der Waals surface area contributed by atoms with Gasteiger partial charge in [-0.15, -0.1) is 10.2 Å². The molecule has 0 fully saturated rings. The summed E-state index contributed by atoms with van der Waals surface area (Å²) in [4.78, 5) is 14.1.